The first kappa shape index (κ1) is 26.3. The molecule has 0 bridgehead atoms. The van der Waals surface area contributed by atoms with Crippen molar-refractivity contribution in [1.82, 2.24) is 0 Å². The summed E-state index contributed by atoms with van der Waals surface area (Å²) in [4.78, 5) is 41.1. The lowest BCUT2D eigenvalue weighted by Crippen LogP contribution is -2.36. The van der Waals surface area contributed by atoms with E-state index >= 15 is 0 Å². The van der Waals surface area contributed by atoms with Gasteiger partial charge in [-0.05, 0) is 71.7 Å². The number of carboxylic acid groups (broad SMARTS) is 1. The summed E-state index contributed by atoms with van der Waals surface area (Å²) < 4.78 is 5.57. The van der Waals surface area contributed by atoms with Crippen molar-refractivity contribution in [1.29, 1.82) is 0 Å². The van der Waals surface area contributed by atoms with Gasteiger partial charge in [-0.1, -0.05) is 43.3 Å². The summed E-state index contributed by atoms with van der Waals surface area (Å²) in [5.74, 6) is -0.433. The number of carbonyl (C=O) groups is 3. The number of methoxy groups -OCH3 is 1. The third-order valence-corrected chi connectivity index (χ3v) is 7.57. The second-order valence-electron chi connectivity index (χ2n) is 10.2. The molecule has 39 heavy (non-hydrogen) atoms. The SMILES string of the molecule is COc1cc(CC(=O)N2CCCc3cc([C@H](C)CC(=O)O)ccc32)ccc1NC(=O)N1CCc2ccccc21. The van der Waals surface area contributed by atoms with Gasteiger partial charge >= 0.3 is 12.0 Å². The van der Waals surface area contributed by atoms with Gasteiger partial charge in [-0.15, -0.1) is 0 Å². The van der Waals surface area contributed by atoms with Crippen LogP contribution >= 0.6 is 0 Å². The average molecular weight is 528 g/mol. The molecule has 202 valence electrons. The van der Waals surface area contributed by atoms with E-state index in [1.54, 1.807) is 24.1 Å². The molecule has 0 radical (unpaired) electrons. The predicted octanol–water partition coefficient (Wildman–Crippen LogP) is 5.39. The van der Waals surface area contributed by atoms with Crippen molar-refractivity contribution in [3.05, 3.63) is 82.9 Å². The lowest BCUT2D eigenvalue weighted by molar-refractivity contribution is -0.137. The topological polar surface area (TPSA) is 99.2 Å². The second-order valence-corrected chi connectivity index (χ2v) is 10.2. The Kier molecular flexibility index (Phi) is 7.54. The van der Waals surface area contributed by atoms with E-state index in [1.165, 1.54) is 0 Å². The molecule has 3 amide bonds. The number of hydrogen-bond donors (Lipinski definition) is 2. The molecule has 3 aromatic rings. The number of carbonyl (C=O) groups excluding carboxylic acids is 2. The van der Waals surface area contributed by atoms with Crippen LogP contribution < -0.4 is 19.9 Å². The van der Waals surface area contributed by atoms with Gasteiger partial charge in [0.1, 0.15) is 5.75 Å². The Hall–Kier alpha value is -4.33. The number of urea groups is 1. The van der Waals surface area contributed by atoms with Crippen LogP contribution in [0.4, 0.5) is 21.9 Å². The Morgan fingerprint density at radius 2 is 1.74 bits per heavy atom. The Balaban J connectivity index is 1.28. The van der Waals surface area contributed by atoms with Crippen LogP contribution in [-0.2, 0) is 28.9 Å². The van der Waals surface area contributed by atoms with E-state index in [1.807, 2.05) is 60.4 Å². The highest BCUT2D eigenvalue weighted by molar-refractivity contribution is 6.04. The molecule has 8 nitrogen and oxygen atoms in total. The summed E-state index contributed by atoms with van der Waals surface area (Å²) in [6, 6.07) is 19.0. The minimum Gasteiger partial charge on any atom is -0.495 e. The summed E-state index contributed by atoms with van der Waals surface area (Å²) in [7, 11) is 1.55. The Labute approximate surface area is 228 Å². The minimum absolute atomic E-state index is 0.0187. The maximum Gasteiger partial charge on any atom is 0.326 e. The number of ether oxygens (including phenoxy) is 1. The molecule has 0 spiro atoms. The maximum atomic E-state index is 13.4. The molecule has 0 saturated carbocycles. The van der Waals surface area contributed by atoms with Crippen LogP contribution in [0.25, 0.3) is 0 Å². The first-order valence-corrected chi connectivity index (χ1v) is 13.3. The third kappa shape index (κ3) is 5.60. The number of para-hydroxylation sites is 1. The van der Waals surface area contributed by atoms with E-state index in [0.29, 0.717) is 24.5 Å². The van der Waals surface area contributed by atoms with E-state index in [9.17, 15) is 14.4 Å². The number of amides is 3. The molecule has 5 rings (SSSR count). The molecular weight excluding hydrogens is 494 g/mol. The molecule has 2 aliphatic rings. The molecule has 1 atom stereocenters. The first-order chi connectivity index (χ1) is 18.8. The number of anilines is 3. The molecule has 3 aromatic carbocycles. The number of aliphatic carboxylic acids is 1. The molecule has 0 aromatic heterocycles. The molecule has 0 unspecified atom stereocenters. The van der Waals surface area contributed by atoms with Gasteiger partial charge in [-0.3, -0.25) is 14.5 Å². The third-order valence-electron chi connectivity index (χ3n) is 7.57. The molecule has 2 N–H and O–H groups in total. The number of carboxylic acids is 1. The van der Waals surface area contributed by atoms with Gasteiger partial charge in [0, 0.05) is 24.5 Å². The first-order valence-electron chi connectivity index (χ1n) is 13.3. The Bertz CT molecular complexity index is 1420. The molecule has 2 aliphatic heterocycles. The lowest BCUT2D eigenvalue weighted by Gasteiger charge is -2.30. The predicted molar refractivity (Wildman–Crippen MR) is 151 cm³/mol. The fourth-order valence-electron chi connectivity index (χ4n) is 5.51. The van der Waals surface area contributed by atoms with Gasteiger partial charge in [0.25, 0.3) is 0 Å². The zero-order chi connectivity index (χ0) is 27.5. The standard InChI is InChI=1S/C31H33N3O5/c1-20(16-30(36)37)23-10-12-27-24(19-23)7-5-14-33(27)29(35)18-21-9-11-25(28(17-21)39-2)32-31(38)34-15-13-22-6-3-4-8-26(22)34/h3-4,6,8-12,17,19-20H,5,7,13-16,18H2,1-2H3,(H,32,38)(H,36,37)/t20-/m1/s1. The minimum atomic E-state index is -0.820. The zero-order valence-electron chi connectivity index (χ0n) is 22.3. The smallest absolute Gasteiger partial charge is 0.326 e. The normalized spacial score (nSPS) is 14.8. The number of nitrogens with zero attached hydrogens (tertiary/aromatic N) is 2. The van der Waals surface area contributed by atoms with Gasteiger partial charge < -0.3 is 20.1 Å². The highest BCUT2D eigenvalue weighted by Gasteiger charge is 2.26. The molecule has 0 saturated heterocycles. The van der Waals surface area contributed by atoms with Crippen LogP contribution in [0.3, 0.4) is 0 Å². The summed E-state index contributed by atoms with van der Waals surface area (Å²) in [5.41, 5.74) is 6.35. The Morgan fingerprint density at radius 1 is 0.949 bits per heavy atom. The van der Waals surface area contributed by atoms with E-state index in [2.05, 4.69) is 5.32 Å². The fraction of sp³-hybridized carbons (Fsp3) is 0.323. The van der Waals surface area contributed by atoms with Crippen molar-refractivity contribution in [3.63, 3.8) is 0 Å². The van der Waals surface area contributed by atoms with Crippen molar-refractivity contribution in [2.75, 3.05) is 35.3 Å². The van der Waals surface area contributed by atoms with Crippen molar-refractivity contribution < 1.29 is 24.2 Å². The van der Waals surface area contributed by atoms with Gasteiger partial charge in [-0.25, -0.2) is 4.79 Å². The van der Waals surface area contributed by atoms with Crippen LogP contribution in [-0.4, -0.2) is 43.2 Å². The number of fused-ring (bicyclic) bond motifs is 2. The summed E-state index contributed by atoms with van der Waals surface area (Å²) in [5, 5.41) is 12.1. The summed E-state index contributed by atoms with van der Waals surface area (Å²) in [6.07, 6.45) is 2.80. The highest BCUT2D eigenvalue weighted by Crippen LogP contribution is 2.33. The number of aryl methyl sites for hydroxylation is 1. The average Bonchev–Trinajstić information content (AvgIpc) is 3.37. The van der Waals surface area contributed by atoms with Crippen LogP contribution in [0.15, 0.2) is 60.7 Å². The Morgan fingerprint density at radius 3 is 2.54 bits per heavy atom. The number of nitrogens with one attached hydrogen (secondary N) is 1. The van der Waals surface area contributed by atoms with Crippen molar-refractivity contribution in [3.8, 4) is 5.75 Å². The van der Waals surface area contributed by atoms with Gasteiger partial charge in [0.05, 0.1) is 25.6 Å². The van der Waals surface area contributed by atoms with E-state index < -0.39 is 5.97 Å². The lowest BCUT2D eigenvalue weighted by atomic mass is 9.92. The molecule has 2 heterocycles. The second kappa shape index (κ2) is 11.2. The van der Waals surface area contributed by atoms with E-state index in [-0.39, 0.29) is 30.7 Å². The summed E-state index contributed by atoms with van der Waals surface area (Å²) in [6.45, 7) is 3.17. The maximum absolute atomic E-state index is 13.4. The van der Waals surface area contributed by atoms with Gasteiger partial charge in [-0.2, -0.15) is 0 Å². The molecular formula is C31H33N3O5. The quantitative estimate of drug-likeness (QED) is 0.429. The number of rotatable bonds is 7. The molecule has 0 fully saturated rings. The summed E-state index contributed by atoms with van der Waals surface area (Å²) >= 11 is 0. The van der Waals surface area contributed by atoms with Crippen molar-refractivity contribution in [2.24, 2.45) is 0 Å². The fourth-order valence-corrected chi connectivity index (χ4v) is 5.51. The number of benzene rings is 3. The van der Waals surface area contributed by atoms with Crippen LogP contribution in [0, 0.1) is 0 Å². The number of hydrogen-bond acceptors (Lipinski definition) is 4. The molecule has 0 aliphatic carbocycles. The van der Waals surface area contributed by atoms with Crippen molar-refractivity contribution >= 4 is 35.0 Å². The van der Waals surface area contributed by atoms with Crippen molar-refractivity contribution in [2.45, 2.75) is 44.9 Å². The van der Waals surface area contributed by atoms with Crippen LogP contribution in [0.2, 0.25) is 0 Å². The largest absolute Gasteiger partial charge is 0.495 e. The van der Waals surface area contributed by atoms with Crippen LogP contribution in [0.5, 0.6) is 5.75 Å². The highest BCUT2D eigenvalue weighted by atomic mass is 16.5. The monoisotopic (exact) mass is 527 g/mol. The van der Waals surface area contributed by atoms with Gasteiger partial charge in [0.15, 0.2) is 0 Å². The van der Waals surface area contributed by atoms with Gasteiger partial charge in [0.2, 0.25) is 5.91 Å². The zero-order valence-corrected chi connectivity index (χ0v) is 22.3. The van der Waals surface area contributed by atoms with Crippen LogP contribution in [0.1, 0.15) is 47.9 Å². The molecule has 8 heteroatoms. The van der Waals surface area contributed by atoms with E-state index in [4.69, 9.17) is 9.84 Å². The van der Waals surface area contributed by atoms with E-state index in [0.717, 1.165) is 52.9 Å².